The Morgan fingerprint density at radius 3 is 1.44 bits per heavy atom. The van der Waals surface area contributed by atoms with E-state index in [1.165, 1.54) is 11.1 Å². The van der Waals surface area contributed by atoms with E-state index in [4.69, 9.17) is 18.9 Å². The van der Waals surface area contributed by atoms with E-state index in [0.717, 1.165) is 103 Å². The highest BCUT2D eigenvalue weighted by atomic mass is 16.5. The van der Waals surface area contributed by atoms with Crippen LogP contribution in [0.25, 0.3) is 0 Å². The van der Waals surface area contributed by atoms with E-state index in [1.54, 1.807) is 0 Å². The van der Waals surface area contributed by atoms with Gasteiger partial charge in [-0.3, -0.25) is 9.80 Å². The van der Waals surface area contributed by atoms with Crippen molar-refractivity contribution in [2.75, 3.05) is 78.9 Å². The van der Waals surface area contributed by atoms with E-state index in [-0.39, 0.29) is 0 Å². The molecule has 0 radical (unpaired) electrons. The lowest BCUT2D eigenvalue weighted by Crippen LogP contribution is -2.36. The number of aryl methyl sites for hydroxylation is 2. The van der Waals surface area contributed by atoms with Crippen molar-refractivity contribution in [2.24, 2.45) is 0 Å². The first-order valence-electron chi connectivity index (χ1n) is 12.9. The number of hydrogen-bond acceptors (Lipinski definition) is 6. The molecule has 0 saturated carbocycles. The van der Waals surface area contributed by atoms with E-state index in [9.17, 15) is 0 Å². The minimum absolute atomic E-state index is 0.544. The lowest BCUT2D eigenvalue weighted by atomic mass is 10.1. The number of para-hydroxylation sites is 2. The third-order valence-corrected chi connectivity index (χ3v) is 6.59. The van der Waals surface area contributed by atoms with Crippen LogP contribution < -0.4 is 9.47 Å². The van der Waals surface area contributed by atoms with Crippen molar-refractivity contribution in [3.63, 3.8) is 0 Å². The van der Waals surface area contributed by atoms with Crippen LogP contribution in [0, 0.1) is 0 Å². The first-order valence-corrected chi connectivity index (χ1v) is 12.9. The number of ether oxygens (including phenoxy) is 4. The second-order valence-corrected chi connectivity index (χ2v) is 9.03. The molecule has 6 nitrogen and oxygen atoms in total. The van der Waals surface area contributed by atoms with Crippen LogP contribution in [0.4, 0.5) is 0 Å². The van der Waals surface area contributed by atoms with Crippen LogP contribution in [0.1, 0.15) is 24.0 Å². The van der Waals surface area contributed by atoms with E-state index in [0.29, 0.717) is 13.2 Å². The van der Waals surface area contributed by atoms with Gasteiger partial charge >= 0.3 is 0 Å². The van der Waals surface area contributed by atoms with Gasteiger partial charge in [0.25, 0.3) is 0 Å². The molecule has 2 fully saturated rings. The number of benzene rings is 2. The summed E-state index contributed by atoms with van der Waals surface area (Å²) in [5.41, 5.74) is 2.55. The van der Waals surface area contributed by atoms with Crippen molar-refractivity contribution >= 4 is 0 Å². The Kier molecular flexibility index (Phi) is 10.5. The highest BCUT2D eigenvalue weighted by molar-refractivity contribution is 5.34. The monoisotopic (exact) mass is 468 g/mol. The highest BCUT2D eigenvalue weighted by Crippen LogP contribution is 2.22. The molecule has 0 N–H and O–H groups in total. The van der Waals surface area contributed by atoms with Gasteiger partial charge in [-0.05, 0) is 62.0 Å². The van der Waals surface area contributed by atoms with Gasteiger partial charge in [-0.25, -0.2) is 0 Å². The molecule has 34 heavy (non-hydrogen) atoms. The molecule has 0 unspecified atom stereocenters. The van der Waals surface area contributed by atoms with Crippen molar-refractivity contribution in [3.05, 3.63) is 59.7 Å². The molecule has 0 aromatic heterocycles. The molecule has 0 spiro atoms. The molecule has 2 aromatic carbocycles. The lowest BCUT2D eigenvalue weighted by molar-refractivity contribution is 0.0374. The summed E-state index contributed by atoms with van der Waals surface area (Å²) in [5, 5.41) is 0. The zero-order valence-corrected chi connectivity index (χ0v) is 20.5. The predicted molar refractivity (Wildman–Crippen MR) is 135 cm³/mol. The average Bonchev–Trinajstić information content (AvgIpc) is 2.89. The molecule has 2 aliphatic heterocycles. The largest absolute Gasteiger partial charge is 0.490 e. The molecule has 186 valence electrons. The molecular formula is C28H40N2O4. The smallest absolute Gasteiger partial charge is 0.122 e. The molecule has 4 rings (SSSR count). The minimum atomic E-state index is 0.544. The summed E-state index contributed by atoms with van der Waals surface area (Å²) in [5.74, 6) is 1.96. The zero-order valence-electron chi connectivity index (χ0n) is 20.5. The summed E-state index contributed by atoms with van der Waals surface area (Å²) < 4.78 is 23.1. The maximum atomic E-state index is 6.12. The average molecular weight is 469 g/mol. The zero-order chi connectivity index (χ0) is 23.3. The van der Waals surface area contributed by atoms with E-state index in [2.05, 4.69) is 46.2 Å². The summed E-state index contributed by atoms with van der Waals surface area (Å²) in [6.07, 6.45) is 4.32. The molecule has 2 saturated heterocycles. The number of rotatable bonds is 13. The fourth-order valence-electron chi connectivity index (χ4n) is 4.64. The maximum Gasteiger partial charge on any atom is 0.122 e. The van der Waals surface area contributed by atoms with Gasteiger partial charge in [0.2, 0.25) is 0 Å². The normalized spacial score (nSPS) is 17.5. The van der Waals surface area contributed by atoms with Crippen LogP contribution in [0.15, 0.2) is 48.5 Å². The number of hydrogen-bond donors (Lipinski definition) is 0. The van der Waals surface area contributed by atoms with Crippen LogP contribution in [-0.2, 0) is 22.3 Å². The molecule has 2 aromatic rings. The van der Waals surface area contributed by atoms with Crippen LogP contribution in [-0.4, -0.2) is 88.7 Å². The van der Waals surface area contributed by atoms with Crippen LogP contribution in [0.5, 0.6) is 11.5 Å². The van der Waals surface area contributed by atoms with Gasteiger partial charge in [0.1, 0.15) is 24.7 Å². The fraction of sp³-hybridized carbons (Fsp3) is 0.571. The highest BCUT2D eigenvalue weighted by Gasteiger charge is 2.12. The number of nitrogens with zero attached hydrogens (tertiary/aromatic N) is 2. The van der Waals surface area contributed by atoms with Gasteiger partial charge in [0.15, 0.2) is 0 Å². The minimum Gasteiger partial charge on any atom is -0.490 e. The van der Waals surface area contributed by atoms with Gasteiger partial charge in [-0.2, -0.15) is 0 Å². The molecule has 2 aliphatic rings. The Morgan fingerprint density at radius 1 is 0.588 bits per heavy atom. The van der Waals surface area contributed by atoms with Crippen molar-refractivity contribution < 1.29 is 18.9 Å². The Hall–Kier alpha value is -2.12. The Bertz CT molecular complexity index is 765. The second kappa shape index (κ2) is 14.3. The standard InChI is InChI=1S/C28H40N2O4/c1-3-11-27(25(7-1)9-5-13-29-15-19-31-20-16-29)33-23-24-34-28-12-4-2-8-26(28)10-6-14-30-17-21-32-22-18-30/h1-4,7-8,11-12H,5-6,9-10,13-24H2. The van der Waals surface area contributed by atoms with Crippen LogP contribution >= 0.6 is 0 Å². The van der Waals surface area contributed by atoms with Crippen LogP contribution in [0.3, 0.4) is 0 Å². The molecule has 0 amide bonds. The summed E-state index contributed by atoms with van der Waals surface area (Å²) in [6.45, 7) is 10.9. The van der Waals surface area contributed by atoms with Crippen molar-refractivity contribution in [2.45, 2.75) is 25.7 Å². The topological polar surface area (TPSA) is 43.4 Å². The lowest BCUT2D eigenvalue weighted by Gasteiger charge is -2.26. The molecule has 2 heterocycles. The van der Waals surface area contributed by atoms with Gasteiger partial charge in [-0.15, -0.1) is 0 Å². The first kappa shape index (κ1) is 25.0. The predicted octanol–water partition coefficient (Wildman–Crippen LogP) is 3.67. The van der Waals surface area contributed by atoms with Crippen molar-refractivity contribution in [1.29, 1.82) is 0 Å². The first-order chi connectivity index (χ1) is 16.9. The summed E-state index contributed by atoms with van der Waals surface area (Å²) >= 11 is 0. The van der Waals surface area contributed by atoms with E-state index < -0.39 is 0 Å². The summed E-state index contributed by atoms with van der Waals surface area (Å²) in [4.78, 5) is 4.97. The molecule has 0 aliphatic carbocycles. The molecule has 0 bridgehead atoms. The quantitative estimate of drug-likeness (QED) is 0.418. The third kappa shape index (κ3) is 8.27. The van der Waals surface area contributed by atoms with Gasteiger partial charge in [-0.1, -0.05) is 36.4 Å². The van der Waals surface area contributed by atoms with Gasteiger partial charge < -0.3 is 18.9 Å². The Balaban J connectivity index is 1.18. The van der Waals surface area contributed by atoms with Crippen LogP contribution in [0.2, 0.25) is 0 Å². The molecule has 6 heteroatoms. The third-order valence-electron chi connectivity index (χ3n) is 6.59. The molecule has 0 atom stereocenters. The second-order valence-electron chi connectivity index (χ2n) is 9.03. The van der Waals surface area contributed by atoms with E-state index in [1.807, 2.05) is 12.1 Å². The number of morpholine rings is 2. The summed E-state index contributed by atoms with van der Waals surface area (Å²) in [7, 11) is 0. The Labute approximate surface area is 204 Å². The SMILES string of the molecule is c1ccc(OCCOc2ccccc2CCCN2CCOCC2)c(CCCN2CCOCC2)c1. The maximum absolute atomic E-state index is 6.12. The summed E-state index contributed by atoms with van der Waals surface area (Å²) in [6, 6.07) is 16.8. The molecular weight excluding hydrogens is 428 g/mol. The van der Waals surface area contributed by atoms with Crippen molar-refractivity contribution in [1.82, 2.24) is 9.80 Å². The fourth-order valence-corrected chi connectivity index (χ4v) is 4.64. The van der Waals surface area contributed by atoms with Gasteiger partial charge in [0.05, 0.1) is 26.4 Å². The van der Waals surface area contributed by atoms with Gasteiger partial charge in [0, 0.05) is 26.2 Å². The van der Waals surface area contributed by atoms with Crippen molar-refractivity contribution in [3.8, 4) is 11.5 Å². The Morgan fingerprint density at radius 2 is 1.00 bits per heavy atom. The van der Waals surface area contributed by atoms with E-state index >= 15 is 0 Å².